The lowest BCUT2D eigenvalue weighted by Crippen LogP contribution is -2.25. The van der Waals surface area contributed by atoms with Crippen LogP contribution in [0.4, 0.5) is 0 Å². The van der Waals surface area contributed by atoms with E-state index in [1.54, 1.807) is 0 Å². The summed E-state index contributed by atoms with van der Waals surface area (Å²) in [5, 5.41) is 3.68. The maximum absolute atomic E-state index is 11.5. The molecule has 0 unspecified atom stereocenters. The summed E-state index contributed by atoms with van der Waals surface area (Å²) in [4.78, 5) is 11.5. The van der Waals surface area contributed by atoms with Crippen LogP contribution in [0.3, 0.4) is 0 Å². The van der Waals surface area contributed by atoms with E-state index in [4.69, 9.17) is 11.6 Å². The topological polar surface area (TPSA) is 29.1 Å². The van der Waals surface area contributed by atoms with Crippen molar-refractivity contribution >= 4 is 33.4 Å². The molecule has 0 heterocycles. The summed E-state index contributed by atoms with van der Waals surface area (Å²) in [6.07, 6.45) is 3.47. The summed E-state index contributed by atoms with van der Waals surface area (Å²) >= 11 is 9.42. The summed E-state index contributed by atoms with van der Waals surface area (Å²) in [5.41, 5.74) is 1.02. The largest absolute Gasteiger partial charge is 0.353 e. The minimum absolute atomic E-state index is 0.126. The Labute approximate surface area is 108 Å². The zero-order chi connectivity index (χ0) is 11.5. The van der Waals surface area contributed by atoms with Crippen molar-refractivity contribution in [2.24, 2.45) is 0 Å². The first-order valence-corrected chi connectivity index (χ1v) is 6.55. The van der Waals surface area contributed by atoms with Crippen molar-refractivity contribution in [3.05, 3.63) is 33.3 Å². The van der Waals surface area contributed by atoms with Gasteiger partial charge in [-0.25, -0.2) is 0 Å². The van der Waals surface area contributed by atoms with Crippen LogP contribution in [0.2, 0.25) is 5.02 Å². The van der Waals surface area contributed by atoms with Gasteiger partial charge in [0, 0.05) is 22.0 Å². The van der Waals surface area contributed by atoms with E-state index in [1.807, 2.05) is 18.2 Å². The molecule has 86 valence electrons. The SMILES string of the molecule is O=C(CCc1ccc(Br)cc1Cl)NC1CC1. The number of carbonyl (C=O) groups is 1. The maximum atomic E-state index is 11.5. The van der Waals surface area contributed by atoms with Crippen LogP contribution in [0.5, 0.6) is 0 Å². The van der Waals surface area contributed by atoms with E-state index in [0.29, 0.717) is 23.9 Å². The molecule has 0 atom stereocenters. The van der Waals surface area contributed by atoms with Crippen molar-refractivity contribution in [1.82, 2.24) is 5.32 Å². The van der Waals surface area contributed by atoms with Gasteiger partial charge in [0.2, 0.25) is 5.91 Å². The lowest BCUT2D eigenvalue weighted by Gasteiger charge is -2.05. The summed E-state index contributed by atoms with van der Waals surface area (Å²) in [7, 11) is 0. The van der Waals surface area contributed by atoms with Crippen molar-refractivity contribution < 1.29 is 4.79 Å². The van der Waals surface area contributed by atoms with E-state index >= 15 is 0 Å². The van der Waals surface area contributed by atoms with Gasteiger partial charge in [0.15, 0.2) is 0 Å². The van der Waals surface area contributed by atoms with Crippen LogP contribution < -0.4 is 5.32 Å². The van der Waals surface area contributed by atoms with Crippen LogP contribution in [0, 0.1) is 0 Å². The van der Waals surface area contributed by atoms with Gasteiger partial charge in [0.25, 0.3) is 0 Å². The summed E-state index contributed by atoms with van der Waals surface area (Å²) in [6.45, 7) is 0. The number of halogens is 2. The predicted octanol–water partition coefficient (Wildman–Crippen LogP) is 3.31. The number of aryl methyl sites for hydroxylation is 1. The molecular weight excluding hydrogens is 289 g/mol. The summed E-state index contributed by atoms with van der Waals surface area (Å²) < 4.78 is 0.962. The van der Waals surface area contributed by atoms with Crippen LogP contribution in [-0.2, 0) is 11.2 Å². The normalized spacial score (nSPS) is 14.9. The number of rotatable bonds is 4. The van der Waals surface area contributed by atoms with Gasteiger partial charge in [-0.15, -0.1) is 0 Å². The van der Waals surface area contributed by atoms with Gasteiger partial charge in [-0.05, 0) is 37.0 Å². The lowest BCUT2D eigenvalue weighted by molar-refractivity contribution is -0.121. The molecule has 1 aromatic carbocycles. The molecule has 0 spiro atoms. The molecule has 1 saturated carbocycles. The van der Waals surface area contributed by atoms with E-state index in [0.717, 1.165) is 22.9 Å². The monoisotopic (exact) mass is 301 g/mol. The molecule has 0 bridgehead atoms. The fourth-order valence-electron chi connectivity index (χ4n) is 1.50. The third-order valence-electron chi connectivity index (χ3n) is 2.58. The first-order valence-electron chi connectivity index (χ1n) is 5.38. The Morgan fingerprint density at radius 1 is 1.50 bits per heavy atom. The van der Waals surface area contributed by atoms with Gasteiger partial charge in [-0.3, -0.25) is 4.79 Å². The standard InChI is InChI=1S/C12H13BrClNO/c13-9-3-1-8(11(14)7-9)2-6-12(16)15-10-4-5-10/h1,3,7,10H,2,4-6H2,(H,15,16). The zero-order valence-electron chi connectivity index (χ0n) is 8.80. The highest BCUT2D eigenvalue weighted by molar-refractivity contribution is 9.10. The molecule has 4 heteroatoms. The van der Waals surface area contributed by atoms with Gasteiger partial charge in [-0.1, -0.05) is 33.6 Å². The van der Waals surface area contributed by atoms with Gasteiger partial charge < -0.3 is 5.32 Å². The Balaban J connectivity index is 1.85. The predicted molar refractivity (Wildman–Crippen MR) is 68.6 cm³/mol. The maximum Gasteiger partial charge on any atom is 0.220 e. The number of hydrogen-bond donors (Lipinski definition) is 1. The molecule has 1 aliphatic carbocycles. The number of amides is 1. The highest BCUT2D eigenvalue weighted by atomic mass is 79.9. The average Bonchev–Trinajstić information content (AvgIpc) is 3.00. The van der Waals surface area contributed by atoms with Crippen molar-refractivity contribution in [3.8, 4) is 0 Å². The number of carbonyl (C=O) groups excluding carboxylic acids is 1. The van der Waals surface area contributed by atoms with Crippen LogP contribution >= 0.6 is 27.5 Å². The van der Waals surface area contributed by atoms with Crippen LogP contribution in [0.1, 0.15) is 24.8 Å². The fraction of sp³-hybridized carbons (Fsp3) is 0.417. The van der Waals surface area contributed by atoms with Crippen molar-refractivity contribution in [2.75, 3.05) is 0 Å². The first kappa shape index (κ1) is 11.9. The molecule has 2 rings (SSSR count). The first-order chi connectivity index (χ1) is 7.65. The average molecular weight is 303 g/mol. The Bertz CT molecular complexity index is 404. The van der Waals surface area contributed by atoms with Crippen molar-refractivity contribution in [1.29, 1.82) is 0 Å². The number of hydrogen-bond acceptors (Lipinski definition) is 1. The van der Waals surface area contributed by atoms with E-state index in [9.17, 15) is 4.79 Å². The molecule has 1 N–H and O–H groups in total. The fourth-order valence-corrected chi connectivity index (χ4v) is 2.27. The molecule has 2 nitrogen and oxygen atoms in total. The van der Waals surface area contributed by atoms with E-state index < -0.39 is 0 Å². The second kappa shape index (κ2) is 5.19. The molecule has 0 saturated heterocycles. The number of benzene rings is 1. The van der Waals surface area contributed by atoms with E-state index in [-0.39, 0.29) is 5.91 Å². The van der Waals surface area contributed by atoms with E-state index in [2.05, 4.69) is 21.2 Å². The third-order valence-corrected chi connectivity index (χ3v) is 3.42. The minimum atomic E-state index is 0.126. The second-order valence-corrected chi connectivity index (χ2v) is 5.40. The Morgan fingerprint density at radius 3 is 2.88 bits per heavy atom. The highest BCUT2D eigenvalue weighted by Crippen LogP contribution is 2.23. The number of nitrogens with one attached hydrogen (secondary N) is 1. The molecule has 0 radical (unpaired) electrons. The molecule has 0 aromatic heterocycles. The van der Waals surface area contributed by atoms with E-state index in [1.165, 1.54) is 0 Å². The molecular formula is C12H13BrClNO. The van der Waals surface area contributed by atoms with Gasteiger partial charge in [-0.2, -0.15) is 0 Å². The summed E-state index contributed by atoms with van der Waals surface area (Å²) in [5.74, 6) is 0.126. The molecule has 1 aliphatic rings. The molecule has 1 aromatic rings. The van der Waals surface area contributed by atoms with Crippen LogP contribution in [0.25, 0.3) is 0 Å². The van der Waals surface area contributed by atoms with Crippen LogP contribution in [0.15, 0.2) is 22.7 Å². The van der Waals surface area contributed by atoms with Crippen molar-refractivity contribution in [2.45, 2.75) is 31.7 Å². The van der Waals surface area contributed by atoms with Crippen LogP contribution in [-0.4, -0.2) is 11.9 Å². The highest BCUT2D eigenvalue weighted by Gasteiger charge is 2.22. The second-order valence-electron chi connectivity index (χ2n) is 4.08. The molecule has 1 amide bonds. The van der Waals surface area contributed by atoms with Gasteiger partial charge >= 0.3 is 0 Å². The van der Waals surface area contributed by atoms with Crippen molar-refractivity contribution in [3.63, 3.8) is 0 Å². The summed E-state index contributed by atoms with van der Waals surface area (Å²) in [6, 6.07) is 6.19. The van der Waals surface area contributed by atoms with Gasteiger partial charge in [0.1, 0.15) is 0 Å². The molecule has 0 aliphatic heterocycles. The van der Waals surface area contributed by atoms with Gasteiger partial charge in [0.05, 0.1) is 0 Å². The Hall–Kier alpha value is -0.540. The Morgan fingerprint density at radius 2 is 2.25 bits per heavy atom. The minimum Gasteiger partial charge on any atom is -0.353 e. The quantitative estimate of drug-likeness (QED) is 0.908. The smallest absolute Gasteiger partial charge is 0.220 e. The third kappa shape index (κ3) is 3.49. The molecule has 1 fully saturated rings. The zero-order valence-corrected chi connectivity index (χ0v) is 11.1. The molecule has 16 heavy (non-hydrogen) atoms. The Kier molecular flexibility index (Phi) is 3.87. The lowest BCUT2D eigenvalue weighted by atomic mass is 10.1.